The molecule has 0 saturated carbocycles. The molecule has 1 aromatic carbocycles. The average Bonchev–Trinajstić information content (AvgIpc) is 2.90. The quantitative estimate of drug-likeness (QED) is 0.801. The summed E-state index contributed by atoms with van der Waals surface area (Å²) in [5.74, 6) is 0.558. The largest absolute Gasteiger partial charge is 0.387 e. The van der Waals surface area contributed by atoms with Crippen molar-refractivity contribution in [1.82, 2.24) is 15.5 Å². The Kier molecular flexibility index (Phi) is 5.15. The monoisotopic (exact) mass is 301 g/mol. The minimum absolute atomic E-state index is 0.369. The second-order valence-electron chi connectivity index (χ2n) is 3.97. The van der Waals surface area contributed by atoms with Crippen LogP contribution < -0.4 is 5.32 Å². The van der Waals surface area contributed by atoms with Crippen LogP contribution in [0.5, 0.6) is 0 Å². The van der Waals surface area contributed by atoms with E-state index in [2.05, 4.69) is 15.5 Å². The van der Waals surface area contributed by atoms with Gasteiger partial charge < -0.3 is 14.9 Å². The third-order valence-electron chi connectivity index (χ3n) is 2.58. The molecule has 0 aliphatic heterocycles. The molecule has 0 bridgehead atoms. The highest BCUT2D eigenvalue weighted by Gasteiger charge is 2.12. The van der Waals surface area contributed by atoms with Crippen LogP contribution in [0.2, 0.25) is 10.0 Å². The van der Waals surface area contributed by atoms with Crippen LogP contribution in [-0.4, -0.2) is 28.3 Å². The maximum Gasteiger partial charge on any atom is 0.227 e. The lowest BCUT2D eigenvalue weighted by Crippen LogP contribution is -2.24. The number of rotatable bonds is 6. The Balaban J connectivity index is 1.80. The van der Waals surface area contributed by atoms with Gasteiger partial charge in [0.2, 0.25) is 5.89 Å². The van der Waals surface area contributed by atoms with Crippen molar-refractivity contribution >= 4 is 23.2 Å². The van der Waals surface area contributed by atoms with E-state index < -0.39 is 6.10 Å². The Morgan fingerprint density at radius 1 is 1.37 bits per heavy atom. The first-order valence-corrected chi connectivity index (χ1v) is 6.51. The molecule has 1 unspecified atom stereocenters. The number of hydrogen-bond donors (Lipinski definition) is 2. The van der Waals surface area contributed by atoms with Gasteiger partial charge in [-0.15, -0.1) is 0 Å². The van der Waals surface area contributed by atoms with Crippen LogP contribution in [0.1, 0.15) is 17.6 Å². The molecule has 7 heteroatoms. The van der Waals surface area contributed by atoms with Gasteiger partial charge in [0.1, 0.15) is 0 Å². The van der Waals surface area contributed by atoms with Crippen molar-refractivity contribution in [3.05, 3.63) is 46.0 Å². The normalized spacial score (nSPS) is 12.6. The van der Waals surface area contributed by atoms with Gasteiger partial charge in [0.25, 0.3) is 0 Å². The first-order valence-electron chi connectivity index (χ1n) is 5.76. The van der Waals surface area contributed by atoms with Crippen LogP contribution in [0, 0.1) is 0 Å². The van der Waals surface area contributed by atoms with E-state index in [1.165, 1.54) is 6.33 Å². The van der Waals surface area contributed by atoms with E-state index in [4.69, 9.17) is 27.7 Å². The molecular weight excluding hydrogens is 289 g/mol. The van der Waals surface area contributed by atoms with Crippen molar-refractivity contribution in [2.24, 2.45) is 0 Å². The molecule has 0 aliphatic rings. The van der Waals surface area contributed by atoms with E-state index >= 15 is 0 Å². The zero-order chi connectivity index (χ0) is 13.7. The number of nitrogens with one attached hydrogen (secondary N) is 1. The van der Waals surface area contributed by atoms with Crippen LogP contribution in [0.4, 0.5) is 0 Å². The van der Waals surface area contributed by atoms with Gasteiger partial charge >= 0.3 is 0 Å². The zero-order valence-corrected chi connectivity index (χ0v) is 11.5. The highest BCUT2D eigenvalue weighted by Crippen LogP contribution is 2.25. The lowest BCUT2D eigenvalue weighted by molar-refractivity contribution is 0.175. The molecule has 0 saturated heterocycles. The minimum Gasteiger partial charge on any atom is -0.387 e. The Morgan fingerprint density at radius 2 is 2.21 bits per heavy atom. The van der Waals surface area contributed by atoms with Gasteiger partial charge in [-0.1, -0.05) is 28.4 Å². The fraction of sp³-hybridized carbons (Fsp3) is 0.333. The molecule has 2 rings (SSSR count). The van der Waals surface area contributed by atoms with Crippen LogP contribution in [-0.2, 0) is 6.42 Å². The molecule has 0 aliphatic carbocycles. The summed E-state index contributed by atoms with van der Waals surface area (Å²) in [6, 6.07) is 5.01. The van der Waals surface area contributed by atoms with Crippen molar-refractivity contribution in [3.8, 4) is 0 Å². The molecule has 0 radical (unpaired) electrons. The highest BCUT2D eigenvalue weighted by atomic mass is 35.5. The predicted octanol–water partition coefficient (Wildman–Crippen LogP) is 2.24. The van der Waals surface area contributed by atoms with Gasteiger partial charge in [-0.2, -0.15) is 4.98 Å². The predicted molar refractivity (Wildman–Crippen MR) is 72.3 cm³/mol. The van der Waals surface area contributed by atoms with Crippen LogP contribution >= 0.6 is 23.2 Å². The van der Waals surface area contributed by atoms with Gasteiger partial charge in [-0.25, -0.2) is 0 Å². The van der Waals surface area contributed by atoms with Crippen molar-refractivity contribution in [3.63, 3.8) is 0 Å². The molecule has 0 fully saturated rings. The Bertz CT molecular complexity index is 520. The Morgan fingerprint density at radius 3 is 2.95 bits per heavy atom. The molecule has 102 valence electrons. The highest BCUT2D eigenvalue weighted by molar-refractivity contribution is 6.33. The number of aliphatic hydroxyl groups is 1. The molecule has 1 atom stereocenters. The second kappa shape index (κ2) is 6.86. The van der Waals surface area contributed by atoms with E-state index in [9.17, 15) is 5.11 Å². The number of halogens is 2. The van der Waals surface area contributed by atoms with Crippen LogP contribution in [0.15, 0.2) is 29.0 Å². The number of aromatic nitrogens is 2. The first kappa shape index (κ1) is 14.3. The molecule has 2 N–H and O–H groups in total. The molecule has 19 heavy (non-hydrogen) atoms. The first-order chi connectivity index (χ1) is 9.16. The van der Waals surface area contributed by atoms with Gasteiger partial charge in [-0.3, -0.25) is 0 Å². The Hall–Kier alpha value is -1.14. The van der Waals surface area contributed by atoms with E-state index in [0.29, 0.717) is 41.0 Å². The van der Waals surface area contributed by atoms with E-state index in [-0.39, 0.29) is 0 Å². The third kappa shape index (κ3) is 4.18. The van der Waals surface area contributed by atoms with Crippen molar-refractivity contribution in [1.29, 1.82) is 0 Å². The zero-order valence-electron chi connectivity index (χ0n) is 10.0. The summed E-state index contributed by atoms with van der Waals surface area (Å²) in [6.45, 7) is 0.992. The summed E-state index contributed by atoms with van der Waals surface area (Å²) in [6.07, 6.45) is 1.25. The lowest BCUT2D eigenvalue weighted by Gasteiger charge is -2.13. The molecule has 0 spiro atoms. The summed E-state index contributed by atoms with van der Waals surface area (Å²) < 4.78 is 4.86. The van der Waals surface area contributed by atoms with Gasteiger partial charge in [-0.05, 0) is 18.2 Å². The minimum atomic E-state index is -0.714. The summed E-state index contributed by atoms with van der Waals surface area (Å²) >= 11 is 11.9. The summed E-state index contributed by atoms with van der Waals surface area (Å²) in [4.78, 5) is 3.90. The fourth-order valence-electron chi connectivity index (χ4n) is 1.62. The maximum atomic E-state index is 10.0. The molecule has 2 aromatic rings. The van der Waals surface area contributed by atoms with E-state index in [1.807, 2.05) is 0 Å². The summed E-state index contributed by atoms with van der Waals surface area (Å²) in [7, 11) is 0. The Labute approximate surface area is 120 Å². The number of hydrogen-bond acceptors (Lipinski definition) is 5. The number of aliphatic hydroxyl groups excluding tert-OH is 1. The summed E-state index contributed by atoms with van der Waals surface area (Å²) in [5.41, 5.74) is 0.611. The standard InChI is InChI=1S/C12H13Cl2N3O2/c13-8-1-2-10(14)9(5-8)11(18)6-15-4-3-12-16-7-17-19-12/h1-2,5,7,11,15,18H,3-4,6H2. The maximum absolute atomic E-state index is 10.0. The summed E-state index contributed by atoms with van der Waals surface area (Å²) in [5, 5.41) is 17.7. The van der Waals surface area contributed by atoms with Gasteiger partial charge in [0.15, 0.2) is 6.33 Å². The lowest BCUT2D eigenvalue weighted by atomic mass is 10.1. The topological polar surface area (TPSA) is 71.2 Å². The van der Waals surface area contributed by atoms with E-state index in [1.54, 1.807) is 18.2 Å². The third-order valence-corrected chi connectivity index (χ3v) is 3.16. The molecule has 0 amide bonds. The number of benzene rings is 1. The fourth-order valence-corrected chi connectivity index (χ4v) is 2.04. The van der Waals surface area contributed by atoms with Crippen LogP contribution in [0.25, 0.3) is 0 Å². The second-order valence-corrected chi connectivity index (χ2v) is 4.81. The molecule has 5 nitrogen and oxygen atoms in total. The number of nitrogens with zero attached hydrogens (tertiary/aromatic N) is 2. The van der Waals surface area contributed by atoms with Crippen LogP contribution in [0.3, 0.4) is 0 Å². The van der Waals surface area contributed by atoms with Crippen molar-refractivity contribution in [2.45, 2.75) is 12.5 Å². The molecular formula is C12H13Cl2N3O2. The van der Waals surface area contributed by atoms with Gasteiger partial charge in [0.05, 0.1) is 6.10 Å². The van der Waals surface area contributed by atoms with Gasteiger partial charge in [0, 0.05) is 35.1 Å². The van der Waals surface area contributed by atoms with Crippen molar-refractivity contribution < 1.29 is 9.63 Å². The van der Waals surface area contributed by atoms with E-state index in [0.717, 1.165) is 0 Å². The molecule has 1 heterocycles. The molecule has 1 aromatic heterocycles. The SMILES string of the molecule is OC(CNCCc1ncno1)c1cc(Cl)ccc1Cl. The average molecular weight is 302 g/mol. The smallest absolute Gasteiger partial charge is 0.227 e. The van der Waals surface area contributed by atoms with Crippen molar-refractivity contribution in [2.75, 3.05) is 13.1 Å².